The maximum Gasteiger partial charge on any atom is 0.266 e. The standard InChI is InChI=1S/C23H25N3O2S/c1-16-7-5-9-18(13-16)26-22(28)19-10-3-4-11-20(19)24-23(26)29-15-21(27)25-12-6-8-17(2)14-25/h3-5,7,9-11,13,17H,6,8,12,14-15H2,1-2H3. The highest BCUT2D eigenvalue weighted by molar-refractivity contribution is 7.99. The second kappa shape index (κ2) is 8.41. The minimum absolute atomic E-state index is 0.109. The van der Waals surface area contributed by atoms with Gasteiger partial charge in [0.15, 0.2) is 5.16 Å². The molecule has 0 N–H and O–H groups in total. The number of hydrogen-bond acceptors (Lipinski definition) is 4. The Balaban J connectivity index is 1.70. The van der Waals surface area contributed by atoms with Crippen LogP contribution in [0.1, 0.15) is 25.3 Å². The molecule has 6 heteroatoms. The van der Waals surface area contributed by atoms with Crippen molar-refractivity contribution in [2.45, 2.75) is 31.8 Å². The van der Waals surface area contributed by atoms with Crippen molar-refractivity contribution >= 4 is 28.6 Å². The Kier molecular flexibility index (Phi) is 5.72. The van der Waals surface area contributed by atoms with E-state index in [2.05, 4.69) is 6.92 Å². The van der Waals surface area contributed by atoms with Crippen molar-refractivity contribution in [3.63, 3.8) is 0 Å². The van der Waals surface area contributed by atoms with Crippen LogP contribution in [0, 0.1) is 12.8 Å². The summed E-state index contributed by atoms with van der Waals surface area (Å²) in [6.45, 7) is 5.82. The average molecular weight is 408 g/mol. The molecule has 150 valence electrons. The zero-order valence-electron chi connectivity index (χ0n) is 16.8. The molecule has 1 aliphatic heterocycles. The van der Waals surface area contributed by atoms with Crippen molar-refractivity contribution < 1.29 is 4.79 Å². The van der Waals surface area contributed by atoms with Gasteiger partial charge in [0.2, 0.25) is 5.91 Å². The van der Waals surface area contributed by atoms with Crippen LogP contribution in [0.15, 0.2) is 58.5 Å². The van der Waals surface area contributed by atoms with E-state index in [1.807, 2.05) is 54.3 Å². The number of carbonyl (C=O) groups excluding carboxylic acids is 1. The van der Waals surface area contributed by atoms with E-state index in [4.69, 9.17) is 4.98 Å². The van der Waals surface area contributed by atoms with E-state index in [0.29, 0.717) is 22.0 Å². The number of thioether (sulfide) groups is 1. The van der Waals surface area contributed by atoms with Gasteiger partial charge < -0.3 is 4.90 Å². The zero-order valence-corrected chi connectivity index (χ0v) is 17.6. The van der Waals surface area contributed by atoms with Crippen molar-refractivity contribution in [1.29, 1.82) is 0 Å². The first kappa shape index (κ1) is 19.7. The summed E-state index contributed by atoms with van der Waals surface area (Å²) in [5.41, 5.74) is 2.39. The van der Waals surface area contributed by atoms with Gasteiger partial charge in [-0.05, 0) is 55.5 Å². The summed E-state index contributed by atoms with van der Waals surface area (Å²) in [4.78, 5) is 32.7. The molecule has 0 aliphatic carbocycles. The van der Waals surface area contributed by atoms with Crippen molar-refractivity contribution in [2.24, 2.45) is 5.92 Å². The lowest BCUT2D eigenvalue weighted by atomic mass is 10.0. The van der Waals surface area contributed by atoms with Gasteiger partial charge in [-0.3, -0.25) is 14.2 Å². The maximum atomic E-state index is 13.3. The Morgan fingerprint density at radius 2 is 2.03 bits per heavy atom. The fourth-order valence-corrected chi connectivity index (χ4v) is 4.75. The molecule has 1 amide bonds. The van der Waals surface area contributed by atoms with Crippen LogP contribution in [0.5, 0.6) is 0 Å². The van der Waals surface area contributed by atoms with Crippen LogP contribution >= 0.6 is 11.8 Å². The molecule has 2 heterocycles. The monoisotopic (exact) mass is 407 g/mol. The predicted octanol–water partition coefficient (Wildman–Crippen LogP) is 4.04. The molecule has 0 spiro atoms. The molecule has 0 saturated carbocycles. The number of amides is 1. The molecule has 2 aromatic carbocycles. The first-order valence-corrected chi connectivity index (χ1v) is 11.0. The number of carbonyl (C=O) groups is 1. The number of para-hydroxylation sites is 1. The summed E-state index contributed by atoms with van der Waals surface area (Å²) in [7, 11) is 0. The first-order chi connectivity index (χ1) is 14.0. The fraction of sp³-hybridized carbons (Fsp3) is 0.348. The van der Waals surface area contributed by atoms with Crippen molar-refractivity contribution in [3.8, 4) is 5.69 Å². The highest BCUT2D eigenvalue weighted by atomic mass is 32.2. The number of benzene rings is 2. The first-order valence-electron chi connectivity index (χ1n) is 10.0. The van der Waals surface area contributed by atoms with E-state index >= 15 is 0 Å². The molecular formula is C23H25N3O2S. The molecule has 1 unspecified atom stereocenters. The number of aryl methyl sites for hydroxylation is 1. The summed E-state index contributed by atoms with van der Waals surface area (Å²) >= 11 is 1.34. The maximum absolute atomic E-state index is 13.3. The molecular weight excluding hydrogens is 382 g/mol. The lowest BCUT2D eigenvalue weighted by Crippen LogP contribution is -2.40. The minimum Gasteiger partial charge on any atom is -0.342 e. The van der Waals surface area contributed by atoms with Crippen molar-refractivity contribution in [2.75, 3.05) is 18.8 Å². The number of hydrogen-bond donors (Lipinski definition) is 0. The Bertz CT molecular complexity index is 1110. The quantitative estimate of drug-likeness (QED) is 0.484. The van der Waals surface area contributed by atoms with Crippen LogP contribution in [0.2, 0.25) is 0 Å². The summed E-state index contributed by atoms with van der Waals surface area (Å²) in [6, 6.07) is 15.2. The molecule has 29 heavy (non-hydrogen) atoms. The fourth-order valence-electron chi connectivity index (χ4n) is 3.84. The van der Waals surface area contributed by atoms with Crippen molar-refractivity contribution in [3.05, 3.63) is 64.4 Å². The van der Waals surface area contributed by atoms with E-state index in [1.54, 1.807) is 10.6 Å². The molecule has 5 nitrogen and oxygen atoms in total. The Morgan fingerprint density at radius 3 is 2.83 bits per heavy atom. The third-order valence-corrected chi connectivity index (χ3v) is 6.26. The van der Waals surface area contributed by atoms with Gasteiger partial charge in [-0.2, -0.15) is 0 Å². The van der Waals surface area contributed by atoms with Crippen LogP contribution in [0.4, 0.5) is 0 Å². The Hall–Kier alpha value is -2.60. The number of piperidine rings is 1. The molecule has 1 aliphatic rings. The van der Waals surface area contributed by atoms with Crippen LogP contribution in [0.3, 0.4) is 0 Å². The largest absolute Gasteiger partial charge is 0.342 e. The molecule has 1 atom stereocenters. The molecule has 1 fully saturated rings. The Morgan fingerprint density at radius 1 is 1.21 bits per heavy atom. The molecule has 1 saturated heterocycles. The second-order valence-electron chi connectivity index (χ2n) is 7.77. The van der Waals surface area contributed by atoms with Gasteiger partial charge in [0, 0.05) is 13.1 Å². The number of fused-ring (bicyclic) bond motifs is 1. The van der Waals surface area contributed by atoms with E-state index in [9.17, 15) is 9.59 Å². The zero-order chi connectivity index (χ0) is 20.4. The smallest absolute Gasteiger partial charge is 0.266 e. The van der Waals surface area contributed by atoms with Gasteiger partial charge in [0.05, 0.1) is 22.3 Å². The average Bonchev–Trinajstić information content (AvgIpc) is 2.72. The second-order valence-corrected chi connectivity index (χ2v) is 8.71. The lowest BCUT2D eigenvalue weighted by molar-refractivity contribution is -0.130. The predicted molar refractivity (Wildman–Crippen MR) is 118 cm³/mol. The number of rotatable bonds is 4. The van der Waals surface area contributed by atoms with Crippen molar-refractivity contribution in [1.82, 2.24) is 14.5 Å². The summed E-state index contributed by atoms with van der Waals surface area (Å²) in [6.07, 6.45) is 2.23. The molecule has 0 bridgehead atoms. The third kappa shape index (κ3) is 4.22. The van der Waals surface area contributed by atoms with Gasteiger partial charge in [-0.15, -0.1) is 0 Å². The number of likely N-dealkylation sites (tertiary alicyclic amines) is 1. The van der Waals surface area contributed by atoms with E-state index in [1.165, 1.54) is 18.2 Å². The molecule has 1 aromatic heterocycles. The highest BCUT2D eigenvalue weighted by Crippen LogP contribution is 2.23. The van der Waals surface area contributed by atoms with Crippen LogP contribution in [-0.2, 0) is 4.79 Å². The van der Waals surface area contributed by atoms with Gasteiger partial charge >= 0.3 is 0 Å². The van der Waals surface area contributed by atoms with Gasteiger partial charge in [-0.1, -0.05) is 43.0 Å². The van der Waals surface area contributed by atoms with Crippen LogP contribution < -0.4 is 5.56 Å². The van der Waals surface area contributed by atoms with E-state index in [-0.39, 0.29) is 17.2 Å². The molecule has 3 aromatic rings. The third-order valence-electron chi connectivity index (χ3n) is 5.34. The molecule has 0 radical (unpaired) electrons. The van der Waals surface area contributed by atoms with Gasteiger partial charge in [0.25, 0.3) is 5.56 Å². The topological polar surface area (TPSA) is 55.2 Å². The minimum atomic E-state index is -0.109. The summed E-state index contributed by atoms with van der Waals surface area (Å²) in [5, 5.41) is 1.13. The van der Waals surface area contributed by atoms with Gasteiger partial charge in [0.1, 0.15) is 0 Å². The number of nitrogens with zero attached hydrogens (tertiary/aromatic N) is 3. The highest BCUT2D eigenvalue weighted by Gasteiger charge is 2.22. The lowest BCUT2D eigenvalue weighted by Gasteiger charge is -2.30. The van der Waals surface area contributed by atoms with E-state index < -0.39 is 0 Å². The number of aromatic nitrogens is 2. The van der Waals surface area contributed by atoms with Gasteiger partial charge in [-0.25, -0.2) is 4.98 Å². The van der Waals surface area contributed by atoms with Crippen LogP contribution in [-0.4, -0.2) is 39.2 Å². The molecule has 4 rings (SSSR count). The summed E-state index contributed by atoms with van der Waals surface area (Å²) < 4.78 is 1.63. The van der Waals surface area contributed by atoms with Crippen LogP contribution in [0.25, 0.3) is 16.6 Å². The SMILES string of the molecule is Cc1cccc(-n2c(SCC(=O)N3CCCC(C)C3)nc3ccccc3c2=O)c1. The van der Waals surface area contributed by atoms with E-state index in [0.717, 1.165) is 30.8 Å². The Labute approximate surface area is 174 Å². The summed E-state index contributed by atoms with van der Waals surface area (Å²) in [5.74, 6) is 0.935. The normalized spacial score (nSPS) is 16.9.